The first-order valence-corrected chi connectivity index (χ1v) is 6.23. The second-order valence-electron chi connectivity index (χ2n) is 3.64. The third kappa shape index (κ3) is 2.80. The van der Waals surface area contributed by atoms with Crippen LogP contribution in [0, 0.1) is 0 Å². The van der Waals surface area contributed by atoms with Crippen LogP contribution in [0.1, 0.15) is 11.1 Å². The summed E-state index contributed by atoms with van der Waals surface area (Å²) in [6.45, 7) is 0. The molecule has 3 N–H and O–H groups in total. The summed E-state index contributed by atoms with van der Waals surface area (Å²) < 4.78 is 1.72. The summed E-state index contributed by atoms with van der Waals surface area (Å²) in [6, 6.07) is 7.54. The number of aromatic nitrogens is 3. The normalized spacial score (nSPS) is 11.7. The summed E-state index contributed by atoms with van der Waals surface area (Å²) in [5.74, 6) is 0.861. The van der Waals surface area contributed by atoms with Gasteiger partial charge in [0.1, 0.15) is 6.33 Å². The van der Waals surface area contributed by atoms with E-state index in [9.17, 15) is 0 Å². The molecular weight excluding hydrogens is 250 g/mol. The monoisotopic (exact) mass is 263 g/mol. The third-order valence-electron chi connectivity index (χ3n) is 2.37. The Morgan fingerprint density at radius 3 is 3.06 bits per heavy atom. The van der Waals surface area contributed by atoms with Gasteiger partial charge >= 0.3 is 0 Å². The molecular formula is C11H13N5OS. The molecule has 0 amide bonds. The van der Waals surface area contributed by atoms with Crippen molar-refractivity contribution in [3.05, 3.63) is 41.7 Å². The maximum absolute atomic E-state index is 8.63. The van der Waals surface area contributed by atoms with Crippen molar-refractivity contribution in [1.29, 1.82) is 0 Å². The van der Waals surface area contributed by atoms with Gasteiger partial charge in [-0.1, -0.05) is 35.1 Å². The predicted octanol–water partition coefficient (Wildman–Crippen LogP) is 1.20. The highest BCUT2D eigenvalue weighted by Gasteiger charge is 2.04. The topological polar surface area (TPSA) is 89.3 Å². The molecule has 94 valence electrons. The van der Waals surface area contributed by atoms with Crippen LogP contribution in [0.2, 0.25) is 0 Å². The van der Waals surface area contributed by atoms with Crippen molar-refractivity contribution in [1.82, 2.24) is 14.8 Å². The van der Waals surface area contributed by atoms with E-state index < -0.39 is 0 Å². The van der Waals surface area contributed by atoms with Crippen molar-refractivity contribution in [2.45, 2.75) is 10.9 Å². The fourth-order valence-corrected chi connectivity index (χ4v) is 2.27. The van der Waals surface area contributed by atoms with E-state index in [0.29, 0.717) is 5.56 Å². The van der Waals surface area contributed by atoms with Gasteiger partial charge in [0, 0.05) is 18.4 Å². The first-order valence-electron chi connectivity index (χ1n) is 5.24. The van der Waals surface area contributed by atoms with Gasteiger partial charge in [-0.15, -0.1) is 0 Å². The maximum Gasteiger partial charge on any atom is 0.186 e. The van der Waals surface area contributed by atoms with E-state index in [4.69, 9.17) is 10.9 Å². The number of rotatable bonds is 4. The molecule has 0 atom stereocenters. The molecule has 0 spiro atoms. The van der Waals surface area contributed by atoms with Gasteiger partial charge in [0.05, 0.1) is 0 Å². The molecule has 18 heavy (non-hydrogen) atoms. The van der Waals surface area contributed by atoms with E-state index in [2.05, 4.69) is 15.2 Å². The molecule has 2 aromatic rings. The van der Waals surface area contributed by atoms with Crippen molar-refractivity contribution in [3.63, 3.8) is 0 Å². The van der Waals surface area contributed by atoms with E-state index in [1.807, 2.05) is 25.2 Å². The highest BCUT2D eigenvalue weighted by molar-refractivity contribution is 7.98. The van der Waals surface area contributed by atoms with Gasteiger partial charge in [0.2, 0.25) is 0 Å². The van der Waals surface area contributed by atoms with Gasteiger partial charge in [0.15, 0.2) is 11.0 Å². The van der Waals surface area contributed by atoms with E-state index in [1.54, 1.807) is 22.5 Å². The quantitative estimate of drug-likeness (QED) is 0.284. The van der Waals surface area contributed by atoms with Crippen molar-refractivity contribution in [2.24, 2.45) is 17.9 Å². The van der Waals surface area contributed by atoms with Crippen molar-refractivity contribution in [2.75, 3.05) is 0 Å². The molecule has 7 heteroatoms. The van der Waals surface area contributed by atoms with Crippen LogP contribution in [-0.2, 0) is 12.8 Å². The molecule has 0 bridgehead atoms. The average Bonchev–Trinajstić information content (AvgIpc) is 2.81. The number of hydrogen-bond acceptors (Lipinski definition) is 5. The second kappa shape index (κ2) is 5.54. The molecule has 0 radical (unpaired) electrons. The van der Waals surface area contributed by atoms with E-state index in [1.165, 1.54) is 6.33 Å². The standard InChI is InChI=1S/C11H13N5OS/c1-16-11(13-7-14-16)18-6-8-3-2-4-9(5-8)10(12)15-17/h2-5,7,17H,6H2,1H3,(H2,12,15). The minimum absolute atomic E-state index is 0.112. The first-order chi connectivity index (χ1) is 8.70. The summed E-state index contributed by atoms with van der Waals surface area (Å²) in [4.78, 5) is 4.13. The maximum atomic E-state index is 8.63. The fraction of sp³-hybridized carbons (Fsp3) is 0.182. The van der Waals surface area contributed by atoms with Crippen LogP contribution in [0.25, 0.3) is 0 Å². The van der Waals surface area contributed by atoms with E-state index in [0.717, 1.165) is 16.5 Å². The third-order valence-corrected chi connectivity index (χ3v) is 3.47. The van der Waals surface area contributed by atoms with Crippen molar-refractivity contribution < 1.29 is 5.21 Å². The number of oxime groups is 1. The molecule has 1 aromatic heterocycles. The Morgan fingerprint density at radius 1 is 1.56 bits per heavy atom. The highest BCUT2D eigenvalue weighted by Crippen LogP contribution is 2.20. The summed E-state index contributed by atoms with van der Waals surface area (Å²) in [5.41, 5.74) is 7.32. The first kappa shape index (κ1) is 12.4. The van der Waals surface area contributed by atoms with Crippen LogP contribution < -0.4 is 5.73 Å². The summed E-state index contributed by atoms with van der Waals surface area (Å²) in [6.07, 6.45) is 1.52. The summed E-state index contributed by atoms with van der Waals surface area (Å²) in [5, 5.41) is 16.5. The van der Waals surface area contributed by atoms with Crippen LogP contribution in [0.5, 0.6) is 0 Å². The minimum atomic E-state index is 0.112. The van der Waals surface area contributed by atoms with Crippen LogP contribution in [-0.4, -0.2) is 25.8 Å². The smallest absolute Gasteiger partial charge is 0.186 e. The molecule has 0 unspecified atom stereocenters. The van der Waals surface area contributed by atoms with Crippen molar-refractivity contribution in [3.8, 4) is 0 Å². The van der Waals surface area contributed by atoms with Gasteiger partial charge in [-0.3, -0.25) is 0 Å². The Kier molecular flexibility index (Phi) is 3.83. The lowest BCUT2D eigenvalue weighted by Crippen LogP contribution is -2.13. The van der Waals surface area contributed by atoms with E-state index in [-0.39, 0.29) is 5.84 Å². The molecule has 0 saturated carbocycles. The molecule has 0 fully saturated rings. The molecule has 0 aliphatic carbocycles. The molecule has 1 heterocycles. The molecule has 0 saturated heterocycles. The number of nitrogens with two attached hydrogens (primary N) is 1. The number of aryl methyl sites for hydroxylation is 1. The number of amidine groups is 1. The number of benzene rings is 1. The Morgan fingerprint density at radius 2 is 2.39 bits per heavy atom. The molecule has 2 rings (SSSR count). The molecule has 1 aromatic carbocycles. The SMILES string of the molecule is Cn1ncnc1SCc1cccc(/C(N)=N/O)c1. The Labute approximate surface area is 109 Å². The zero-order valence-corrected chi connectivity index (χ0v) is 10.6. The lowest BCUT2D eigenvalue weighted by atomic mass is 10.1. The molecule has 0 aliphatic heterocycles. The van der Waals surface area contributed by atoms with Gasteiger partial charge < -0.3 is 10.9 Å². The highest BCUT2D eigenvalue weighted by atomic mass is 32.2. The zero-order chi connectivity index (χ0) is 13.0. The summed E-state index contributed by atoms with van der Waals surface area (Å²) >= 11 is 1.58. The Bertz CT molecular complexity index is 566. The lowest BCUT2D eigenvalue weighted by molar-refractivity contribution is 0.318. The number of nitrogens with zero attached hydrogens (tertiary/aromatic N) is 4. The summed E-state index contributed by atoms with van der Waals surface area (Å²) in [7, 11) is 1.85. The molecule has 0 aliphatic rings. The van der Waals surface area contributed by atoms with Crippen LogP contribution >= 0.6 is 11.8 Å². The predicted molar refractivity (Wildman–Crippen MR) is 69.5 cm³/mol. The lowest BCUT2D eigenvalue weighted by Gasteiger charge is -2.03. The van der Waals surface area contributed by atoms with Gasteiger partial charge in [-0.25, -0.2) is 9.67 Å². The Balaban J connectivity index is 2.08. The molecule has 6 nitrogen and oxygen atoms in total. The van der Waals surface area contributed by atoms with Gasteiger partial charge in [-0.05, 0) is 11.6 Å². The van der Waals surface area contributed by atoms with Crippen molar-refractivity contribution >= 4 is 17.6 Å². The Hall–Kier alpha value is -2.02. The van der Waals surface area contributed by atoms with E-state index >= 15 is 0 Å². The minimum Gasteiger partial charge on any atom is -0.409 e. The average molecular weight is 263 g/mol. The van der Waals surface area contributed by atoms with Crippen LogP contribution in [0.3, 0.4) is 0 Å². The van der Waals surface area contributed by atoms with Gasteiger partial charge in [-0.2, -0.15) is 5.10 Å². The van der Waals surface area contributed by atoms with Crippen LogP contribution in [0.4, 0.5) is 0 Å². The second-order valence-corrected chi connectivity index (χ2v) is 4.58. The van der Waals surface area contributed by atoms with Gasteiger partial charge in [0.25, 0.3) is 0 Å². The number of thioether (sulfide) groups is 1. The van der Waals surface area contributed by atoms with Crippen LogP contribution in [0.15, 0.2) is 40.9 Å². The zero-order valence-electron chi connectivity index (χ0n) is 9.82. The largest absolute Gasteiger partial charge is 0.409 e. The fourth-order valence-electron chi connectivity index (χ4n) is 1.44. The number of hydrogen-bond donors (Lipinski definition) is 2.